The Morgan fingerprint density at radius 2 is 2.24 bits per heavy atom. The maximum absolute atomic E-state index is 10.2. The van der Waals surface area contributed by atoms with Crippen molar-refractivity contribution in [2.45, 2.75) is 37.5 Å². The fourth-order valence-corrected chi connectivity index (χ4v) is 3.72. The molecule has 3 aromatic rings. The summed E-state index contributed by atoms with van der Waals surface area (Å²) in [7, 11) is 0. The molecule has 1 fully saturated rings. The molecule has 0 bridgehead atoms. The molecule has 4 rings (SSSR count). The molecule has 4 atom stereocenters. The molecule has 0 amide bonds. The van der Waals surface area contributed by atoms with Crippen molar-refractivity contribution in [2.24, 2.45) is 5.92 Å². The van der Waals surface area contributed by atoms with Gasteiger partial charge in [0.25, 0.3) is 0 Å². The largest absolute Gasteiger partial charge is 0.393 e. The highest BCUT2D eigenvalue weighted by atomic mass is 16.3. The third kappa shape index (κ3) is 2.77. The van der Waals surface area contributed by atoms with Gasteiger partial charge < -0.3 is 15.2 Å². The van der Waals surface area contributed by atoms with E-state index < -0.39 is 12.1 Å². The standard InChI is InChI=1S/C17H18N6O2/c18-6-14(25)16(10-1-2-12(24)5-10)23-8-11(7-22-23)15-13-3-4-19-17(13)21-9-20-15/h3-4,7-10,12,14,16,24-25H,1-2,5H2,(H,19,20,21). The number of rotatable bonds is 4. The van der Waals surface area contributed by atoms with E-state index in [-0.39, 0.29) is 12.0 Å². The van der Waals surface area contributed by atoms with Gasteiger partial charge in [-0.05, 0) is 31.2 Å². The van der Waals surface area contributed by atoms with Crippen molar-refractivity contribution in [1.29, 1.82) is 5.26 Å². The number of aromatic amines is 1. The van der Waals surface area contributed by atoms with Gasteiger partial charge in [0, 0.05) is 23.3 Å². The van der Waals surface area contributed by atoms with Crippen LogP contribution in [0.4, 0.5) is 0 Å². The van der Waals surface area contributed by atoms with Gasteiger partial charge >= 0.3 is 0 Å². The number of nitrogens with zero attached hydrogens (tertiary/aromatic N) is 5. The van der Waals surface area contributed by atoms with Crippen molar-refractivity contribution < 1.29 is 10.2 Å². The highest BCUT2D eigenvalue weighted by Crippen LogP contribution is 2.37. The van der Waals surface area contributed by atoms with E-state index in [1.807, 2.05) is 12.1 Å². The van der Waals surface area contributed by atoms with Crippen LogP contribution in [0.1, 0.15) is 25.3 Å². The Morgan fingerprint density at radius 3 is 3.00 bits per heavy atom. The topological polar surface area (TPSA) is 124 Å². The molecule has 3 heterocycles. The van der Waals surface area contributed by atoms with Crippen LogP contribution in [-0.2, 0) is 0 Å². The maximum Gasteiger partial charge on any atom is 0.163 e. The van der Waals surface area contributed by atoms with Crippen molar-refractivity contribution >= 4 is 11.0 Å². The fourth-order valence-electron chi connectivity index (χ4n) is 3.72. The van der Waals surface area contributed by atoms with Gasteiger partial charge in [-0.15, -0.1) is 0 Å². The molecule has 8 heteroatoms. The van der Waals surface area contributed by atoms with Crippen LogP contribution in [0.25, 0.3) is 22.3 Å². The zero-order valence-electron chi connectivity index (χ0n) is 13.4. The van der Waals surface area contributed by atoms with E-state index in [2.05, 4.69) is 20.1 Å². The predicted molar refractivity (Wildman–Crippen MR) is 89.1 cm³/mol. The van der Waals surface area contributed by atoms with Crippen LogP contribution in [0, 0.1) is 17.2 Å². The smallest absolute Gasteiger partial charge is 0.163 e. The van der Waals surface area contributed by atoms with Crippen LogP contribution in [0.5, 0.6) is 0 Å². The SMILES string of the molecule is N#CC(O)C(C1CCC(O)C1)n1cc(-c2ncnc3[nH]ccc23)cn1. The molecule has 1 saturated carbocycles. The molecular weight excluding hydrogens is 320 g/mol. The Bertz CT molecular complexity index is 927. The molecule has 0 saturated heterocycles. The molecule has 0 spiro atoms. The number of hydrogen-bond donors (Lipinski definition) is 3. The van der Waals surface area contributed by atoms with Crippen LogP contribution in [0.2, 0.25) is 0 Å². The van der Waals surface area contributed by atoms with E-state index in [1.54, 1.807) is 23.3 Å². The van der Waals surface area contributed by atoms with Gasteiger partial charge in [0.15, 0.2) is 6.10 Å². The van der Waals surface area contributed by atoms with Crippen molar-refractivity contribution in [3.63, 3.8) is 0 Å². The molecule has 3 aromatic heterocycles. The first-order valence-electron chi connectivity index (χ1n) is 8.25. The summed E-state index contributed by atoms with van der Waals surface area (Å²) in [4.78, 5) is 11.6. The number of H-pyrrole nitrogens is 1. The van der Waals surface area contributed by atoms with E-state index in [0.29, 0.717) is 12.8 Å². The Labute approximate surface area is 143 Å². The lowest BCUT2D eigenvalue weighted by Crippen LogP contribution is -2.29. The van der Waals surface area contributed by atoms with Gasteiger partial charge in [0.1, 0.15) is 12.0 Å². The summed E-state index contributed by atoms with van der Waals surface area (Å²) >= 11 is 0. The number of nitrogens with one attached hydrogen (secondary N) is 1. The minimum Gasteiger partial charge on any atom is -0.393 e. The maximum atomic E-state index is 10.2. The first kappa shape index (κ1) is 15.7. The summed E-state index contributed by atoms with van der Waals surface area (Å²) in [6.07, 6.45) is 7.21. The van der Waals surface area contributed by atoms with E-state index in [9.17, 15) is 15.5 Å². The fraction of sp³-hybridized carbons (Fsp3) is 0.412. The highest BCUT2D eigenvalue weighted by molar-refractivity contribution is 5.89. The molecule has 0 aromatic carbocycles. The number of aliphatic hydroxyl groups excluding tert-OH is 2. The molecule has 0 radical (unpaired) electrons. The number of hydrogen-bond acceptors (Lipinski definition) is 6. The van der Waals surface area contributed by atoms with E-state index in [4.69, 9.17) is 0 Å². The van der Waals surface area contributed by atoms with Gasteiger partial charge in [-0.3, -0.25) is 4.68 Å². The van der Waals surface area contributed by atoms with Crippen molar-refractivity contribution in [3.05, 3.63) is 31.0 Å². The normalized spacial score (nSPS) is 22.8. The van der Waals surface area contributed by atoms with Crippen LogP contribution in [0.3, 0.4) is 0 Å². The summed E-state index contributed by atoms with van der Waals surface area (Å²) < 4.78 is 1.63. The van der Waals surface area contributed by atoms with Crippen LogP contribution in [-0.4, -0.2) is 47.2 Å². The van der Waals surface area contributed by atoms with Gasteiger partial charge in [-0.25, -0.2) is 9.97 Å². The quantitative estimate of drug-likeness (QED) is 0.618. The molecule has 1 aliphatic rings. The van der Waals surface area contributed by atoms with Gasteiger partial charge in [-0.1, -0.05) is 0 Å². The van der Waals surface area contributed by atoms with Crippen molar-refractivity contribution in [1.82, 2.24) is 24.7 Å². The molecule has 4 unspecified atom stereocenters. The highest BCUT2D eigenvalue weighted by Gasteiger charge is 2.36. The minimum absolute atomic E-state index is 0.00933. The minimum atomic E-state index is -1.18. The first-order valence-corrected chi connectivity index (χ1v) is 8.25. The molecule has 3 N–H and O–H groups in total. The van der Waals surface area contributed by atoms with E-state index >= 15 is 0 Å². The Hall–Kier alpha value is -2.76. The van der Waals surface area contributed by atoms with Crippen molar-refractivity contribution in [3.8, 4) is 17.3 Å². The second-order valence-corrected chi connectivity index (χ2v) is 6.46. The lowest BCUT2D eigenvalue weighted by Gasteiger charge is -2.25. The van der Waals surface area contributed by atoms with Gasteiger partial charge in [0.05, 0.1) is 30.1 Å². The predicted octanol–water partition coefficient (Wildman–Crippen LogP) is 1.41. The zero-order valence-corrected chi connectivity index (χ0v) is 13.4. The number of aliphatic hydroxyl groups is 2. The summed E-state index contributed by atoms with van der Waals surface area (Å²) in [6, 6.07) is 3.33. The summed E-state index contributed by atoms with van der Waals surface area (Å²) in [5.41, 5.74) is 2.28. The summed E-state index contributed by atoms with van der Waals surface area (Å²) in [6.45, 7) is 0. The van der Waals surface area contributed by atoms with Crippen LogP contribution < -0.4 is 0 Å². The first-order chi connectivity index (χ1) is 12.2. The van der Waals surface area contributed by atoms with Gasteiger partial charge in [0.2, 0.25) is 0 Å². The average molecular weight is 338 g/mol. The third-order valence-electron chi connectivity index (χ3n) is 4.92. The van der Waals surface area contributed by atoms with Crippen molar-refractivity contribution in [2.75, 3.05) is 0 Å². The second kappa shape index (κ2) is 6.27. The molecule has 0 aliphatic heterocycles. The van der Waals surface area contributed by atoms with Crippen LogP contribution in [0.15, 0.2) is 31.0 Å². The molecule has 128 valence electrons. The average Bonchev–Trinajstić information content (AvgIpc) is 3.35. The Balaban J connectivity index is 1.71. The molecule has 25 heavy (non-hydrogen) atoms. The number of nitriles is 1. The monoisotopic (exact) mass is 338 g/mol. The molecular formula is C17H18N6O2. The molecule has 8 nitrogen and oxygen atoms in total. The zero-order chi connectivity index (χ0) is 17.4. The Kier molecular flexibility index (Phi) is 3.95. The van der Waals surface area contributed by atoms with Crippen LogP contribution >= 0.6 is 0 Å². The number of fused-ring (bicyclic) bond motifs is 1. The number of aromatic nitrogens is 5. The Morgan fingerprint density at radius 1 is 1.36 bits per heavy atom. The van der Waals surface area contributed by atoms with E-state index in [1.165, 1.54) is 6.33 Å². The summed E-state index contributed by atoms with van der Waals surface area (Å²) in [5, 5.41) is 34.5. The lowest BCUT2D eigenvalue weighted by atomic mass is 9.94. The van der Waals surface area contributed by atoms with E-state index in [0.717, 1.165) is 28.7 Å². The molecule has 1 aliphatic carbocycles. The summed E-state index contributed by atoms with van der Waals surface area (Å²) in [5.74, 6) is 0.00933. The third-order valence-corrected chi connectivity index (χ3v) is 4.92. The second-order valence-electron chi connectivity index (χ2n) is 6.46. The van der Waals surface area contributed by atoms with Gasteiger partial charge in [-0.2, -0.15) is 10.4 Å². The lowest BCUT2D eigenvalue weighted by molar-refractivity contribution is 0.105.